The predicted molar refractivity (Wildman–Crippen MR) is 96.5 cm³/mol. The molecule has 0 spiro atoms. The average Bonchev–Trinajstić information content (AvgIpc) is 2.94. The van der Waals surface area contributed by atoms with Gasteiger partial charge >= 0.3 is 0 Å². The van der Waals surface area contributed by atoms with Crippen molar-refractivity contribution in [2.45, 2.75) is 52.5 Å². The summed E-state index contributed by atoms with van der Waals surface area (Å²) in [5.41, 5.74) is 1.95. The minimum Gasteiger partial charge on any atom is -0.356 e. The molecule has 0 aromatic heterocycles. The summed E-state index contributed by atoms with van der Waals surface area (Å²) >= 11 is 0. The van der Waals surface area contributed by atoms with Gasteiger partial charge < -0.3 is 4.90 Å². The lowest BCUT2D eigenvalue weighted by molar-refractivity contribution is -0.118. The van der Waals surface area contributed by atoms with Crippen molar-refractivity contribution in [1.29, 1.82) is 0 Å². The quantitative estimate of drug-likeness (QED) is 0.709. The maximum absolute atomic E-state index is 12.5. The first-order valence-electron chi connectivity index (χ1n) is 8.68. The number of rotatable bonds is 6. The van der Waals surface area contributed by atoms with Gasteiger partial charge in [-0.25, -0.2) is 4.99 Å². The standard InChI is InChI=1S/C20H28N2O/c1-5-10-17(20(23)15(3)6-2)21-19-14-13-18(22(19)4)16-11-8-7-9-12-16/h7-12,15,18H,5-6,13-14H2,1-4H3/b17-10+,21-19-. The van der Waals surface area contributed by atoms with E-state index in [2.05, 4.69) is 43.1 Å². The zero-order chi connectivity index (χ0) is 16.8. The summed E-state index contributed by atoms with van der Waals surface area (Å²) in [5.74, 6) is 1.22. The molecule has 0 aliphatic carbocycles. The number of carbonyl (C=O) groups excluding carboxylic acids is 1. The number of nitrogens with zero attached hydrogens (tertiary/aromatic N) is 2. The molecule has 1 heterocycles. The molecule has 0 N–H and O–H groups in total. The van der Waals surface area contributed by atoms with Gasteiger partial charge in [0.1, 0.15) is 11.5 Å². The van der Waals surface area contributed by atoms with Crippen LogP contribution in [0, 0.1) is 5.92 Å². The van der Waals surface area contributed by atoms with Gasteiger partial charge in [-0.3, -0.25) is 4.79 Å². The number of benzene rings is 1. The molecule has 2 unspecified atom stereocenters. The van der Waals surface area contributed by atoms with E-state index < -0.39 is 0 Å². The van der Waals surface area contributed by atoms with Crippen LogP contribution in [0.5, 0.6) is 0 Å². The molecular formula is C20H28N2O. The number of Topliss-reactive ketones (excluding diaryl/α,β-unsaturated/α-hetero) is 1. The number of aliphatic imine (C=N–C) groups is 1. The lowest BCUT2D eigenvalue weighted by Crippen LogP contribution is -2.24. The number of hydrogen-bond donors (Lipinski definition) is 0. The predicted octanol–water partition coefficient (Wildman–Crippen LogP) is 4.76. The smallest absolute Gasteiger partial charge is 0.183 e. The van der Waals surface area contributed by atoms with Crippen LogP contribution in [0.25, 0.3) is 0 Å². The van der Waals surface area contributed by atoms with Gasteiger partial charge in [0.15, 0.2) is 5.78 Å². The highest BCUT2D eigenvalue weighted by molar-refractivity contribution is 5.99. The first-order chi connectivity index (χ1) is 11.1. The molecular weight excluding hydrogens is 284 g/mol. The van der Waals surface area contributed by atoms with Crippen LogP contribution in [0.4, 0.5) is 0 Å². The van der Waals surface area contributed by atoms with Gasteiger partial charge in [-0.1, -0.05) is 57.2 Å². The van der Waals surface area contributed by atoms with Crippen molar-refractivity contribution in [2.75, 3.05) is 7.05 Å². The number of allylic oxidation sites excluding steroid dienone is 2. The van der Waals surface area contributed by atoms with Gasteiger partial charge in [-0.2, -0.15) is 0 Å². The minimum absolute atomic E-state index is 0.0359. The zero-order valence-corrected chi connectivity index (χ0v) is 14.7. The molecule has 0 amide bonds. The number of ketones is 1. The van der Waals surface area contributed by atoms with Crippen molar-refractivity contribution < 1.29 is 4.79 Å². The van der Waals surface area contributed by atoms with Crippen molar-refractivity contribution in [2.24, 2.45) is 10.9 Å². The third-order valence-corrected chi connectivity index (χ3v) is 4.66. The number of hydrogen-bond acceptors (Lipinski definition) is 2. The summed E-state index contributed by atoms with van der Waals surface area (Å²) < 4.78 is 0. The molecule has 1 saturated heterocycles. The van der Waals surface area contributed by atoms with E-state index in [1.54, 1.807) is 0 Å². The molecule has 124 valence electrons. The van der Waals surface area contributed by atoms with E-state index in [-0.39, 0.29) is 11.7 Å². The third-order valence-electron chi connectivity index (χ3n) is 4.66. The van der Waals surface area contributed by atoms with Crippen molar-refractivity contribution in [3.63, 3.8) is 0 Å². The van der Waals surface area contributed by atoms with Crippen LogP contribution >= 0.6 is 0 Å². The molecule has 0 radical (unpaired) electrons. The molecule has 1 aliphatic rings. The Bertz CT molecular complexity index is 589. The Hall–Kier alpha value is -1.90. The Balaban J connectivity index is 2.21. The van der Waals surface area contributed by atoms with E-state index in [1.807, 2.05) is 26.0 Å². The second-order valence-electron chi connectivity index (χ2n) is 6.28. The Kier molecular flexibility index (Phi) is 6.14. The lowest BCUT2D eigenvalue weighted by Gasteiger charge is -2.22. The van der Waals surface area contributed by atoms with Crippen LogP contribution in [-0.4, -0.2) is 23.6 Å². The molecule has 23 heavy (non-hydrogen) atoms. The van der Waals surface area contributed by atoms with E-state index in [4.69, 9.17) is 4.99 Å². The van der Waals surface area contributed by atoms with Crippen LogP contribution in [0.3, 0.4) is 0 Å². The summed E-state index contributed by atoms with van der Waals surface area (Å²) in [6.45, 7) is 6.08. The number of carbonyl (C=O) groups is 1. The van der Waals surface area contributed by atoms with Crippen LogP contribution in [0.2, 0.25) is 0 Å². The SMILES string of the molecule is CC/C=C(/N=C1/CCC(c2ccccc2)N1C)C(=O)C(C)CC. The summed E-state index contributed by atoms with van der Waals surface area (Å²) in [4.78, 5) is 19.5. The third kappa shape index (κ3) is 4.10. The molecule has 1 aromatic rings. The highest BCUT2D eigenvalue weighted by Gasteiger charge is 2.28. The lowest BCUT2D eigenvalue weighted by atomic mass is 10.0. The minimum atomic E-state index is 0.0359. The van der Waals surface area contributed by atoms with Crippen LogP contribution in [0.1, 0.15) is 58.1 Å². The Labute approximate surface area is 140 Å². The summed E-state index contributed by atoms with van der Waals surface area (Å²) in [5, 5.41) is 0. The fourth-order valence-electron chi connectivity index (χ4n) is 2.99. The van der Waals surface area contributed by atoms with Gasteiger partial charge in [-0.15, -0.1) is 0 Å². The summed E-state index contributed by atoms with van der Waals surface area (Å²) in [7, 11) is 2.08. The topological polar surface area (TPSA) is 32.7 Å². The second kappa shape index (κ2) is 8.09. The fourth-order valence-corrected chi connectivity index (χ4v) is 2.99. The summed E-state index contributed by atoms with van der Waals surface area (Å²) in [6, 6.07) is 10.9. The van der Waals surface area contributed by atoms with Crippen LogP contribution in [-0.2, 0) is 4.79 Å². The Morgan fingerprint density at radius 3 is 2.65 bits per heavy atom. The first-order valence-corrected chi connectivity index (χ1v) is 8.68. The molecule has 0 bridgehead atoms. The monoisotopic (exact) mass is 312 g/mol. The van der Waals surface area contributed by atoms with Crippen LogP contribution in [0.15, 0.2) is 47.1 Å². The molecule has 1 fully saturated rings. The largest absolute Gasteiger partial charge is 0.356 e. The van der Waals surface area contributed by atoms with E-state index in [0.29, 0.717) is 11.7 Å². The van der Waals surface area contributed by atoms with Crippen molar-refractivity contribution in [3.8, 4) is 0 Å². The van der Waals surface area contributed by atoms with Crippen molar-refractivity contribution >= 4 is 11.6 Å². The Morgan fingerprint density at radius 1 is 1.35 bits per heavy atom. The highest BCUT2D eigenvalue weighted by Crippen LogP contribution is 2.32. The summed E-state index contributed by atoms with van der Waals surface area (Å²) in [6.07, 6.45) is 5.62. The highest BCUT2D eigenvalue weighted by atomic mass is 16.1. The molecule has 3 nitrogen and oxygen atoms in total. The number of likely N-dealkylation sites (tertiary alicyclic amines) is 1. The van der Waals surface area contributed by atoms with Gasteiger partial charge in [0, 0.05) is 19.4 Å². The number of amidine groups is 1. The van der Waals surface area contributed by atoms with E-state index in [1.165, 1.54) is 5.56 Å². The van der Waals surface area contributed by atoms with Gasteiger partial charge in [0.2, 0.25) is 0 Å². The molecule has 0 saturated carbocycles. The van der Waals surface area contributed by atoms with Gasteiger partial charge in [0.05, 0.1) is 6.04 Å². The molecule has 3 heteroatoms. The van der Waals surface area contributed by atoms with Gasteiger partial charge in [0.25, 0.3) is 0 Å². The second-order valence-corrected chi connectivity index (χ2v) is 6.28. The van der Waals surface area contributed by atoms with Crippen molar-refractivity contribution in [1.82, 2.24) is 4.90 Å². The van der Waals surface area contributed by atoms with E-state index in [0.717, 1.165) is 31.5 Å². The first kappa shape index (κ1) is 17.5. The maximum Gasteiger partial charge on any atom is 0.183 e. The molecule has 2 rings (SSSR count). The maximum atomic E-state index is 12.5. The van der Waals surface area contributed by atoms with Crippen molar-refractivity contribution in [3.05, 3.63) is 47.7 Å². The van der Waals surface area contributed by atoms with Crippen LogP contribution < -0.4 is 0 Å². The van der Waals surface area contributed by atoms with E-state index in [9.17, 15) is 4.79 Å². The molecule has 1 aliphatic heterocycles. The fraction of sp³-hybridized carbons (Fsp3) is 0.500. The average molecular weight is 312 g/mol. The van der Waals surface area contributed by atoms with E-state index >= 15 is 0 Å². The zero-order valence-electron chi connectivity index (χ0n) is 14.7. The molecule has 2 atom stereocenters. The Morgan fingerprint density at radius 2 is 2.04 bits per heavy atom. The molecule has 1 aromatic carbocycles. The normalized spacial score (nSPS) is 21.7. The van der Waals surface area contributed by atoms with Gasteiger partial charge in [-0.05, 0) is 24.8 Å².